The van der Waals surface area contributed by atoms with E-state index in [4.69, 9.17) is 28.3 Å². The number of rotatable bonds is 2. The van der Waals surface area contributed by atoms with Crippen LogP contribution >= 0.6 is 23.2 Å². The molecule has 68 valence electrons. The molecule has 1 aromatic rings. The van der Waals surface area contributed by atoms with Crippen LogP contribution in [0.1, 0.15) is 15.9 Å². The van der Waals surface area contributed by atoms with Gasteiger partial charge in [-0.3, -0.25) is 0 Å². The van der Waals surface area contributed by atoms with E-state index in [0.717, 1.165) is 0 Å². The third-order valence-corrected chi connectivity index (χ3v) is 2.16. The summed E-state index contributed by atoms with van der Waals surface area (Å²) in [6.45, 7) is 3.51. The zero-order valence-electron chi connectivity index (χ0n) is 6.55. The summed E-state index contributed by atoms with van der Waals surface area (Å²) in [6, 6.07) is 2.68. The molecule has 0 aliphatic heterocycles. The van der Waals surface area contributed by atoms with Crippen molar-refractivity contribution in [2.45, 2.75) is 0 Å². The average Bonchev–Trinajstić information content (AvgIpc) is 2.03. The van der Waals surface area contributed by atoms with Crippen LogP contribution in [-0.2, 0) is 0 Å². The fourth-order valence-corrected chi connectivity index (χ4v) is 1.54. The second-order valence-electron chi connectivity index (χ2n) is 2.36. The van der Waals surface area contributed by atoms with Crippen molar-refractivity contribution in [2.75, 3.05) is 0 Å². The quantitative estimate of drug-likeness (QED) is 0.824. The van der Waals surface area contributed by atoms with E-state index in [1.807, 2.05) is 0 Å². The van der Waals surface area contributed by atoms with Crippen LogP contribution in [0.3, 0.4) is 0 Å². The van der Waals surface area contributed by atoms with Crippen LogP contribution in [0.25, 0.3) is 6.08 Å². The molecule has 1 rings (SSSR count). The maximum Gasteiger partial charge on any atom is 0.335 e. The van der Waals surface area contributed by atoms with Crippen LogP contribution in [-0.4, -0.2) is 11.1 Å². The molecule has 0 atom stereocenters. The average molecular weight is 217 g/mol. The molecule has 0 amide bonds. The van der Waals surface area contributed by atoms with Gasteiger partial charge in [0.2, 0.25) is 0 Å². The Labute approximate surface area is 85.4 Å². The van der Waals surface area contributed by atoms with E-state index in [1.54, 1.807) is 0 Å². The maximum absolute atomic E-state index is 10.6. The number of hydrogen-bond acceptors (Lipinski definition) is 1. The Kier molecular flexibility index (Phi) is 2.96. The highest BCUT2D eigenvalue weighted by Gasteiger charge is 2.09. The predicted octanol–water partition coefficient (Wildman–Crippen LogP) is 3.33. The molecule has 0 spiro atoms. The highest BCUT2D eigenvalue weighted by atomic mass is 35.5. The van der Waals surface area contributed by atoms with Gasteiger partial charge in [0.15, 0.2) is 0 Å². The van der Waals surface area contributed by atoms with E-state index in [9.17, 15) is 4.79 Å². The van der Waals surface area contributed by atoms with Crippen LogP contribution in [0.4, 0.5) is 0 Å². The van der Waals surface area contributed by atoms with E-state index in [2.05, 4.69) is 6.58 Å². The molecule has 1 aromatic carbocycles. The number of benzene rings is 1. The summed E-state index contributed by atoms with van der Waals surface area (Å²) < 4.78 is 0. The number of hydrogen-bond donors (Lipinski definition) is 1. The normalized spacial score (nSPS) is 9.69. The van der Waals surface area contributed by atoms with Crippen molar-refractivity contribution in [1.29, 1.82) is 0 Å². The van der Waals surface area contributed by atoms with Crippen molar-refractivity contribution >= 4 is 35.2 Å². The fourth-order valence-electron chi connectivity index (χ4n) is 0.903. The second-order valence-corrected chi connectivity index (χ2v) is 3.18. The Hall–Kier alpha value is -0.990. The van der Waals surface area contributed by atoms with Gasteiger partial charge in [-0.05, 0) is 12.1 Å². The summed E-state index contributed by atoms with van der Waals surface area (Å²) in [5.74, 6) is -1.06. The minimum Gasteiger partial charge on any atom is -0.478 e. The molecule has 0 unspecified atom stereocenters. The Balaban J connectivity index is 3.36. The molecular formula is C9H6Cl2O2. The summed E-state index contributed by atoms with van der Waals surface area (Å²) in [7, 11) is 0. The van der Waals surface area contributed by atoms with E-state index in [0.29, 0.717) is 15.6 Å². The van der Waals surface area contributed by atoms with Gasteiger partial charge in [-0.1, -0.05) is 35.9 Å². The first-order chi connectivity index (χ1) is 6.06. The molecule has 1 N–H and O–H groups in total. The van der Waals surface area contributed by atoms with Crippen LogP contribution in [0, 0.1) is 0 Å². The van der Waals surface area contributed by atoms with Crippen molar-refractivity contribution in [1.82, 2.24) is 0 Å². The third kappa shape index (κ3) is 2.02. The smallest absolute Gasteiger partial charge is 0.335 e. The zero-order valence-corrected chi connectivity index (χ0v) is 8.06. The lowest BCUT2D eigenvalue weighted by molar-refractivity contribution is 0.0697. The van der Waals surface area contributed by atoms with Crippen LogP contribution < -0.4 is 0 Å². The summed E-state index contributed by atoms with van der Waals surface area (Å²) in [6.07, 6.45) is 1.48. The van der Waals surface area contributed by atoms with E-state index < -0.39 is 5.97 Å². The largest absolute Gasteiger partial charge is 0.478 e. The summed E-state index contributed by atoms with van der Waals surface area (Å²) in [5.41, 5.74) is 0.619. The van der Waals surface area contributed by atoms with Gasteiger partial charge < -0.3 is 5.11 Å². The van der Waals surface area contributed by atoms with E-state index >= 15 is 0 Å². The Morgan fingerprint density at radius 1 is 1.38 bits per heavy atom. The van der Waals surface area contributed by atoms with Crippen molar-refractivity contribution in [2.24, 2.45) is 0 Å². The van der Waals surface area contributed by atoms with Gasteiger partial charge in [-0.2, -0.15) is 0 Å². The van der Waals surface area contributed by atoms with E-state index in [1.165, 1.54) is 18.2 Å². The van der Waals surface area contributed by atoms with Crippen molar-refractivity contribution in [3.8, 4) is 0 Å². The Morgan fingerprint density at radius 2 is 1.85 bits per heavy atom. The lowest BCUT2D eigenvalue weighted by Gasteiger charge is -2.02. The maximum atomic E-state index is 10.6. The molecule has 0 heterocycles. The highest BCUT2D eigenvalue weighted by Crippen LogP contribution is 2.27. The minimum absolute atomic E-state index is 0.0700. The van der Waals surface area contributed by atoms with E-state index in [-0.39, 0.29) is 5.56 Å². The minimum atomic E-state index is -1.06. The molecule has 0 radical (unpaired) electrons. The molecule has 0 aromatic heterocycles. The molecule has 4 heteroatoms. The molecule has 0 aliphatic carbocycles. The predicted molar refractivity (Wildman–Crippen MR) is 53.5 cm³/mol. The molecule has 0 saturated carbocycles. The molecule has 13 heavy (non-hydrogen) atoms. The molecule has 0 aliphatic rings. The lowest BCUT2D eigenvalue weighted by Crippen LogP contribution is -1.96. The second kappa shape index (κ2) is 3.81. The number of carbonyl (C=O) groups is 1. The molecule has 2 nitrogen and oxygen atoms in total. The Morgan fingerprint density at radius 3 is 2.15 bits per heavy atom. The van der Waals surface area contributed by atoms with Gasteiger partial charge in [0, 0.05) is 5.56 Å². The number of carboxylic acid groups (broad SMARTS) is 1. The SMILES string of the molecule is C=Cc1c(Cl)cc(C(=O)O)cc1Cl. The van der Waals surface area contributed by atoms with Gasteiger partial charge in [-0.25, -0.2) is 4.79 Å². The first kappa shape index (κ1) is 10.1. The highest BCUT2D eigenvalue weighted by molar-refractivity contribution is 6.37. The zero-order chi connectivity index (χ0) is 10.0. The number of aromatic carboxylic acids is 1. The number of halogens is 2. The number of carboxylic acids is 1. The first-order valence-corrected chi connectivity index (χ1v) is 4.16. The summed E-state index contributed by atoms with van der Waals surface area (Å²) in [4.78, 5) is 10.6. The molecule has 0 saturated heterocycles. The van der Waals surface area contributed by atoms with Gasteiger partial charge in [0.1, 0.15) is 0 Å². The molecular weight excluding hydrogens is 211 g/mol. The summed E-state index contributed by atoms with van der Waals surface area (Å²) >= 11 is 11.5. The topological polar surface area (TPSA) is 37.3 Å². The molecule has 0 fully saturated rings. The van der Waals surface area contributed by atoms with Gasteiger partial charge in [-0.15, -0.1) is 0 Å². The third-order valence-electron chi connectivity index (χ3n) is 1.53. The molecule has 0 bridgehead atoms. The van der Waals surface area contributed by atoms with Gasteiger partial charge in [0.25, 0.3) is 0 Å². The van der Waals surface area contributed by atoms with Gasteiger partial charge in [0.05, 0.1) is 15.6 Å². The lowest BCUT2D eigenvalue weighted by atomic mass is 10.1. The van der Waals surface area contributed by atoms with Crippen LogP contribution in [0.15, 0.2) is 18.7 Å². The first-order valence-electron chi connectivity index (χ1n) is 3.41. The monoisotopic (exact) mass is 216 g/mol. The fraction of sp³-hybridized carbons (Fsp3) is 0. The standard InChI is InChI=1S/C9H6Cl2O2/c1-2-6-7(10)3-5(9(12)13)4-8(6)11/h2-4H,1H2,(H,12,13). The van der Waals surface area contributed by atoms with Gasteiger partial charge >= 0.3 is 5.97 Å². The van der Waals surface area contributed by atoms with Crippen molar-refractivity contribution in [3.05, 3.63) is 39.9 Å². The van der Waals surface area contributed by atoms with Crippen LogP contribution in [0.5, 0.6) is 0 Å². The van der Waals surface area contributed by atoms with Crippen LogP contribution in [0.2, 0.25) is 10.0 Å². The van der Waals surface area contributed by atoms with Crippen molar-refractivity contribution in [3.63, 3.8) is 0 Å². The Bertz CT molecular complexity index is 349. The van der Waals surface area contributed by atoms with Crippen molar-refractivity contribution < 1.29 is 9.90 Å². The summed E-state index contributed by atoms with van der Waals surface area (Å²) in [5, 5.41) is 9.24.